The van der Waals surface area contributed by atoms with Gasteiger partial charge in [0.15, 0.2) is 5.78 Å². The van der Waals surface area contributed by atoms with Crippen LogP contribution in [-0.4, -0.2) is 30.8 Å². The van der Waals surface area contributed by atoms with Gasteiger partial charge in [0.05, 0.1) is 0 Å². The first-order chi connectivity index (χ1) is 5.77. The molecule has 13 heavy (non-hydrogen) atoms. The largest absolute Gasteiger partial charge is 0.364 e. The summed E-state index contributed by atoms with van der Waals surface area (Å²) in [5, 5.41) is 0. The Morgan fingerprint density at radius 2 is 1.92 bits per heavy atom. The van der Waals surface area contributed by atoms with Crippen molar-refractivity contribution in [2.24, 2.45) is 0 Å². The zero-order valence-corrected chi connectivity index (χ0v) is 7.19. The molecule has 0 aliphatic carbocycles. The molecule has 0 aliphatic rings. The van der Waals surface area contributed by atoms with Crippen LogP contribution in [0.15, 0.2) is 0 Å². The molecule has 6 heteroatoms. The number of hydrogen-bond donors (Lipinski definition) is 0. The van der Waals surface area contributed by atoms with Crippen LogP contribution in [0.3, 0.4) is 0 Å². The molecule has 1 atom stereocenters. The normalized spacial score (nSPS) is 14.7. The van der Waals surface area contributed by atoms with Crippen molar-refractivity contribution in [3.8, 4) is 0 Å². The average molecular weight is 202 g/mol. The zero-order valence-electron chi connectivity index (χ0n) is 7.19. The molecule has 0 aromatic carbocycles. The summed E-state index contributed by atoms with van der Waals surface area (Å²) in [5.41, 5.74) is 0. The summed E-state index contributed by atoms with van der Waals surface area (Å²) in [4.78, 5) is 10.5. The van der Waals surface area contributed by atoms with Crippen molar-refractivity contribution >= 4 is 5.78 Å². The summed E-state index contributed by atoms with van der Waals surface area (Å²) in [7, 11) is 0. The van der Waals surface area contributed by atoms with Crippen LogP contribution in [0.4, 0.5) is 17.6 Å². The Morgan fingerprint density at radius 3 is 2.23 bits per heavy atom. The van der Waals surface area contributed by atoms with Gasteiger partial charge >= 0.3 is 12.3 Å². The fraction of sp³-hybridized carbons (Fsp3) is 0.857. The molecule has 0 heterocycles. The van der Waals surface area contributed by atoms with Crippen LogP contribution in [0, 0.1) is 0 Å². The maximum absolute atomic E-state index is 12.2. The van der Waals surface area contributed by atoms with E-state index in [0.29, 0.717) is 0 Å². The molecule has 0 spiro atoms. The smallest absolute Gasteiger partial charge is 0.330 e. The molecule has 0 aromatic heterocycles. The van der Waals surface area contributed by atoms with Crippen LogP contribution in [0.2, 0.25) is 0 Å². The lowest BCUT2D eigenvalue weighted by atomic mass is 10.3. The van der Waals surface area contributed by atoms with Crippen LogP contribution < -0.4 is 0 Å². The van der Waals surface area contributed by atoms with Gasteiger partial charge in [-0.05, 0) is 13.8 Å². The Bertz CT molecular complexity index is 181. The molecular formula is C7H10F4O2. The molecule has 2 nitrogen and oxygen atoms in total. The van der Waals surface area contributed by atoms with Gasteiger partial charge in [-0.3, -0.25) is 4.79 Å². The molecule has 0 aromatic rings. The molecule has 0 amide bonds. The van der Waals surface area contributed by atoms with Crippen LogP contribution >= 0.6 is 0 Å². The predicted molar refractivity (Wildman–Crippen MR) is 37.0 cm³/mol. The van der Waals surface area contributed by atoms with Gasteiger partial charge in [0, 0.05) is 0 Å². The van der Waals surface area contributed by atoms with E-state index < -0.39 is 30.8 Å². The number of ether oxygens (including phenoxy) is 1. The third kappa shape index (κ3) is 4.21. The number of carbonyl (C=O) groups is 1. The van der Waals surface area contributed by atoms with Gasteiger partial charge in [-0.1, -0.05) is 0 Å². The summed E-state index contributed by atoms with van der Waals surface area (Å²) >= 11 is 0. The standard InChI is InChI=1S/C7H10F4O2/c1-4(12)5(2)13-3-7(10,11)6(8)9/h5-6H,3H2,1-2H3/t5-/m1/s1. The Hall–Kier alpha value is -0.650. The van der Waals surface area contributed by atoms with Gasteiger partial charge in [0.1, 0.15) is 12.7 Å². The molecule has 0 aliphatic heterocycles. The number of rotatable bonds is 5. The number of Topliss-reactive ketones (excluding diaryl/α,β-unsaturated/α-hetero) is 1. The maximum Gasteiger partial charge on any atom is 0.330 e. The molecule has 0 unspecified atom stereocenters. The van der Waals surface area contributed by atoms with Crippen molar-refractivity contribution in [1.29, 1.82) is 0 Å². The molecule has 0 bridgehead atoms. The monoisotopic (exact) mass is 202 g/mol. The molecule has 0 fully saturated rings. The fourth-order valence-electron chi connectivity index (χ4n) is 0.416. The first-order valence-electron chi connectivity index (χ1n) is 3.55. The van der Waals surface area contributed by atoms with Crippen molar-refractivity contribution in [3.63, 3.8) is 0 Å². The first-order valence-corrected chi connectivity index (χ1v) is 3.55. The second kappa shape index (κ2) is 4.55. The van der Waals surface area contributed by atoms with Crippen molar-refractivity contribution in [3.05, 3.63) is 0 Å². The second-order valence-corrected chi connectivity index (χ2v) is 2.63. The van der Waals surface area contributed by atoms with Gasteiger partial charge in [-0.2, -0.15) is 8.78 Å². The third-order valence-corrected chi connectivity index (χ3v) is 1.42. The van der Waals surface area contributed by atoms with E-state index in [4.69, 9.17) is 0 Å². The van der Waals surface area contributed by atoms with Gasteiger partial charge in [-0.25, -0.2) is 8.78 Å². The summed E-state index contributed by atoms with van der Waals surface area (Å²) < 4.78 is 51.7. The van der Waals surface area contributed by atoms with Crippen molar-refractivity contribution < 1.29 is 27.1 Å². The Kier molecular flexibility index (Phi) is 4.32. The van der Waals surface area contributed by atoms with E-state index >= 15 is 0 Å². The number of alkyl halides is 4. The molecule has 0 rings (SSSR count). The molecule has 78 valence electrons. The van der Waals surface area contributed by atoms with Gasteiger partial charge in [-0.15, -0.1) is 0 Å². The highest BCUT2D eigenvalue weighted by molar-refractivity contribution is 5.79. The molecule has 0 radical (unpaired) electrons. The lowest BCUT2D eigenvalue weighted by Gasteiger charge is -2.17. The van der Waals surface area contributed by atoms with Crippen LogP contribution in [0.1, 0.15) is 13.8 Å². The highest BCUT2D eigenvalue weighted by Crippen LogP contribution is 2.23. The van der Waals surface area contributed by atoms with E-state index in [1.165, 1.54) is 6.92 Å². The van der Waals surface area contributed by atoms with Crippen LogP contribution in [0.5, 0.6) is 0 Å². The highest BCUT2D eigenvalue weighted by Gasteiger charge is 2.41. The van der Waals surface area contributed by atoms with E-state index in [1.54, 1.807) is 0 Å². The van der Waals surface area contributed by atoms with Gasteiger partial charge in [0.25, 0.3) is 0 Å². The van der Waals surface area contributed by atoms with Crippen molar-refractivity contribution in [1.82, 2.24) is 0 Å². The zero-order chi connectivity index (χ0) is 10.6. The van der Waals surface area contributed by atoms with E-state index in [9.17, 15) is 22.4 Å². The number of halogens is 4. The Labute approximate surface area is 72.9 Å². The van der Waals surface area contributed by atoms with Gasteiger partial charge < -0.3 is 4.74 Å². The maximum atomic E-state index is 12.2. The quantitative estimate of drug-likeness (QED) is 0.636. The average Bonchev–Trinajstić information content (AvgIpc) is 1.99. The van der Waals surface area contributed by atoms with E-state index in [2.05, 4.69) is 4.74 Å². The SMILES string of the molecule is CC(=O)[C@@H](C)OCC(F)(F)C(F)F. The Morgan fingerprint density at radius 1 is 1.46 bits per heavy atom. The highest BCUT2D eigenvalue weighted by atomic mass is 19.3. The second-order valence-electron chi connectivity index (χ2n) is 2.63. The lowest BCUT2D eigenvalue weighted by molar-refractivity contribution is -0.176. The fourth-order valence-corrected chi connectivity index (χ4v) is 0.416. The first kappa shape index (κ1) is 12.3. The minimum atomic E-state index is -4.19. The van der Waals surface area contributed by atoms with Crippen molar-refractivity contribution in [2.75, 3.05) is 6.61 Å². The minimum Gasteiger partial charge on any atom is -0.364 e. The summed E-state index contributed by atoms with van der Waals surface area (Å²) in [6.45, 7) is 0.917. The summed E-state index contributed by atoms with van der Waals surface area (Å²) in [6.07, 6.45) is -4.85. The minimum absolute atomic E-state index is 0.481. The third-order valence-electron chi connectivity index (χ3n) is 1.42. The van der Waals surface area contributed by atoms with Gasteiger partial charge in [0.2, 0.25) is 0 Å². The van der Waals surface area contributed by atoms with E-state index in [-0.39, 0.29) is 0 Å². The summed E-state index contributed by atoms with van der Waals surface area (Å²) in [6, 6.07) is 0. The van der Waals surface area contributed by atoms with Crippen molar-refractivity contribution in [2.45, 2.75) is 32.3 Å². The van der Waals surface area contributed by atoms with E-state index in [1.807, 2.05) is 0 Å². The number of hydrogen-bond acceptors (Lipinski definition) is 2. The van der Waals surface area contributed by atoms with E-state index in [0.717, 1.165) is 6.92 Å². The van der Waals surface area contributed by atoms with Crippen LogP contribution in [0.25, 0.3) is 0 Å². The topological polar surface area (TPSA) is 26.3 Å². The molecule has 0 saturated heterocycles. The molecule has 0 saturated carbocycles. The number of carbonyl (C=O) groups excluding carboxylic acids is 1. The Balaban J connectivity index is 3.95. The molecular weight excluding hydrogens is 192 g/mol. The lowest BCUT2D eigenvalue weighted by Crippen LogP contribution is -2.35. The van der Waals surface area contributed by atoms with Crippen LogP contribution in [-0.2, 0) is 9.53 Å². The predicted octanol–water partition coefficient (Wildman–Crippen LogP) is 1.88. The summed E-state index contributed by atoms with van der Waals surface area (Å²) in [5.74, 6) is -4.67. The molecule has 0 N–H and O–H groups in total. The number of ketones is 1.